The normalized spacial score (nSPS) is 15.6. The van der Waals surface area contributed by atoms with Crippen LogP contribution in [0.5, 0.6) is 0 Å². The highest BCUT2D eigenvalue weighted by Gasteiger charge is 2.30. The maximum atomic E-state index is 13.1. The van der Waals surface area contributed by atoms with Gasteiger partial charge in [0.05, 0.1) is 30.0 Å². The van der Waals surface area contributed by atoms with Gasteiger partial charge < -0.3 is 9.72 Å². The molecule has 0 radical (unpaired) electrons. The number of aromatic amines is 1. The summed E-state index contributed by atoms with van der Waals surface area (Å²) < 4.78 is 32.7. The zero-order valence-electron chi connectivity index (χ0n) is 15.8. The molecule has 0 spiro atoms. The molecule has 2 aromatic carbocycles. The van der Waals surface area contributed by atoms with Crippen LogP contribution in [0.25, 0.3) is 10.9 Å². The van der Waals surface area contributed by atoms with E-state index in [9.17, 15) is 18.5 Å². The average Bonchev–Trinajstić information content (AvgIpc) is 3.17. The molecule has 1 saturated heterocycles. The molecule has 1 aromatic heterocycles. The molecule has 156 valence electrons. The number of hydrazone groups is 1. The van der Waals surface area contributed by atoms with Crippen LogP contribution in [0.4, 0.5) is 11.4 Å². The van der Waals surface area contributed by atoms with E-state index in [4.69, 9.17) is 4.74 Å². The molecule has 1 aliphatic rings. The second kappa shape index (κ2) is 8.22. The molecule has 0 aliphatic carbocycles. The Bertz CT molecular complexity index is 1220. The van der Waals surface area contributed by atoms with Gasteiger partial charge >= 0.3 is 0 Å². The van der Waals surface area contributed by atoms with Crippen molar-refractivity contribution < 1.29 is 18.1 Å². The first-order valence-corrected chi connectivity index (χ1v) is 10.6. The molecular weight excluding hydrogens is 410 g/mol. The lowest BCUT2D eigenvalue weighted by Crippen LogP contribution is -2.40. The zero-order chi connectivity index (χ0) is 21.1. The maximum absolute atomic E-state index is 13.1. The molecule has 0 amide bonds. The smallest absolute Gasteiger partial charge is 0.270 e. The van der Waals surface area contributed by atoms with Crippen molar-refractivity contribution in [2.45, 2.75) is 4.90 Å². The van der Waals surface area contributed by atoms with Crippen molar-refractivity contribution in [1.29, 1.82) is 0 Å². The van der Waals surface area contributed by atoms with E-state index < -0.39 is 14.9 Å². The van der Waals surface area contributed by atoms with Crippen LogP contribution in [0.1, 0.15) is 5.56 Å². The highest BCUT2D eigenvalue weighted by Crippen LogP contribution is 2.29. The number of hydrogen-bond acceptors (Lipinski definition) is 7. The van der Waals surface area contributed by atoms with Gasteiger partial charge in [0.1, 0.15) is 4.90 Å². The second-order valence-corrected chi connectivity index (χ2v) is 8.52. The number of anilines is 1. The molecule has 2 N–H and O–H groups in total. The second-order valence-electron chi connectivity index (χ2n) is 6.61. The molecule has 3 aromatic rings. The van der Waals surface area contributed by atoms with Crippen molar-refractivity contribution in [3.8, 4) is 0 Å². The molecular formula is C19H19N5O5S. The third kappa shape index (κ3) is 3.90. The third-order valence-corrected chi connectivity index (χ3v) is 6.71. The van der Waals surface area contributed by atoms with Gasteiger partial charge in [-0.1, -0.05) is 18.2 Å². The molecule has 0 saturated carbocycles. The SMILES string of the molecule is O=[N+]([O-])c1ccc(N/N=C/c2c[nH]c3ccccc23)c(S(=O)(=O)N2CCOCC2)c1. The van der Waals surface area contributed by atoms with E-state index >= 15 is 0 Å². The number of nitrogens with zero attached hydrogens (tertiary/aromatic N) is 3. The van der Waals surface area contributed by atoms with Gasteiger partial charge in [0.25, 0.3) is 5.69 Å². The molecule has 0 bridgehead atoms. The summed E-state index contributed by atoms with van der Waals surface area (Å²) >= 11 is 0. The minimum absolute atomic E-state index is 0.156. The van der Waals surface area contributed by atoms with Gasteiger partial charge in [0.2, 0.25) is 10.0 Å². The number of fused-ring (bicyclic) bond motifs is 1. The van der Waals surface area contributed by atoms with Crippen molar-refractivity contribution in [1.82, 2.24) is 9.29 Å². The van der Waals surface area contributed by atoms with Gasteiger partial charge in [0, 0.05) is 47.9 Å². The largest absolute Gasteiger partial charge is 0.379 e. The van der Waals surface area contributed by atoms with Gasteiger partial charge in [-0.15, -0.1) is 0 Å². The predicted molar refractivity (Wildman–Crippen MR) is 112 cm³/mol. The molecule has 2 heterocycles. The summed E-state index contributed by atoms with van der Waals surface area (Å²) in [6.07, 6.45) is 3.35. The lowest BCUT2D eigenvalue weighted by atomic mass is 10.2. The summed E-state index contributed by atoms with van der Waals surface area (Å²) in [4.78, 5) is 13.5. The highest BCUT2D eigenvalue weighted by molar-refractivity contribution is 7.89. The summed E-state index contributed by atoms with van der Waals surface area (Å²) in [5.41, 5.74) is 4.33. The fraction of sp³-hybridized carbons (Fsp3) is 0.211. The van der Waals surface area contributed by atoms with Crippen molar-refractivity contribution in [2.75, 3.05) is 31.7 Å². The van der Waals surface area contributed by atoms with Crippen molar-refractivity contribution in [3.05, 3.63) is 64.3 Å². The number of nitro benzene ring substituents is 1. The number of para-hydroxylation sites is 1. The van der Waals surface area contributed by atoms with E-state index in [0.29, 0.717) is 0 Å². The van der Waals surface area contributed by atoms with Crippen LogP contribution in [0.3, 0.4) is 0 Å². The number of hydrogen-bond donors (Lipinski definition) is 2. The monoisotopic (exact) mass is 429 g/mol. The summed E-state index contributed by atoms with van der Waals surface area (Å²) in [5, 5.41) is 16.3. The predicted octanol–water partition coefficient (Wildman–Crippen LogP) is 2.54. The Labute approximate surface area is 172 Å². The first-order chi connectivity index (χ1) is 14.5. The van der Waals surface area contributed by atoms with E-state index in [1.165, 1.54) is 16.4 Å². The zero-order valence-corrected chi connectivity index (χ0v) is 16.6. The van der Waals surface area contributed by atoms with Gasteiger partial charge in [0.15, 0.2) is 0 Å². The fourth-order valence-electron chi connectivity index (χ4n) is 3.23. The van der Waals surface area contributed by atoms with Gasteiger partial charge in [-0.2, -0.15) is 9.41 Å². The number of benzene rings is 2. The van der Waals surface area contributed by atoms with E-state index in [1.54, 1.807) is 12.4 Å². The van der Waals surface area contributed by atoms with E-state index in [0.717, 1.165) is 22.5 Å². The minimum atomic E-state index is -3.96. The van der Waals surface area contributed by atoms with Gasteiger partial charge in [-0.05, 0) is 12.1 Å². The number of aromatic nitrogens is 1. The number of morpholine rings is 1. The lowest BCUT2D eigenvalue weighted by molar-refractivity contribution is -0.385. The molecule has 0 unspecified atom stereocenters. The van der Waals surface area contributed by atoms with Crippen LogP contribution in [0.15, 0.2) is 58.7 Å². The van der Waals surface area contributed by atoms with Crippen LogP contribution in [-0.2, 0) is 14.8 Å². The molecule has 10 nitrogen and oxygen atoms in total. The Morgan fingerprint density at radius 2 is 1.97 bits per heavy atom. The standard InChI is InChI=1S/C19H19N5O5S/c25-24(26)15-5-6-18(19(11-15)30(27,28)23-7-9-29-10-8-23)22-21-13-14-12-20-17-4-2-1-3-16(14)17/h1-6,11-13,20,22H,7-10H2/b21-13+. The Kier molecular flexibility index (Phi) is 5.48. The van der Waals surface area contributed by atoms with Crippen LogP contribution in [0, 0.1) is 10.1 Å². The van der Waals surface area contributed by atoms with Crippen molar-refractivity contribution in [3.63, 3.8) is 0 Å². The van der Waals surface area contributed by atoms with Crippen molar-refractivity contribution >= 4 is 38.5 Å². The van der Waals surface area contributed by atoms with Crippen LogP contribution >= 0.6 is 0 Å². The van der Waals surface area contributed by atoms with E-state index in [-0.39, 0.29) is 42.6 Å². The Hall–Kier alpha value is -3.28. The number of ether oxygens (including phenoxy) is 1. The average molecular weight is 429 g/mol. The lowest BCUT2D eigenvalue weighted by Gasteiger charge is -2.26. The van der Waals surface area contributed by atoms with Crippen LogP contribution in [-0.4, -0.2) is 55.1 Å². The fourth-order valence-corrected chi connectivity index (χ4v) is 4.80. The quantitative estimate of drug-likeness (QED) is 0.352. The van der Waals surface area contributed by atoms with E-state index in [2.05, 4.69) is 15.5 Å². The number of nitro groups is 1. The number of H-pyrrole nitrogens is 1. The molecule has 1 aliphatic heterocycles. The van der Waals surface area contributed by atoms with Gasteiger partial charge in [-0.25, -0.2) is 8.42 Å². The first kappa shape index (κ1) is 20.0. The molecule has 30 heavy (non-hydrogen) atoms. The summed E-state index contributed by atoms with van der Waals surface area (Å²) in [6.45, 7) is 0.914. The van der Waals surface area contributed by atoms with Crippen LogP contribution < -0.4 is 5.43 Å². The highest BCUT2D eigenvalue weighted by atomic mass is 32.2. The molecule has 11 heteroatoms. The Morgan fingerprint density at radius 1 is 1.20 bits per heavy atom. The molecule has 1 fully saturated rings. The summed E-state index contributed by atoms with van der Waals surface area (Å²) in [7, 11) is -3.96. The van der Waals surface area contributed by atoms with Crippen molar-refractivity contribution in [2.24, 2.45) is 5.10 Å². The third-order valence-electron chi connectivity index (χ3n) is 4.77. The maximum Gasteiger partial charge on any atom is 0.270 e. The minimum Gasteiger partial charge on any atom is -0.379 e. The van der Waals surface area contributed by atoms with Gasteiger partial charge in [-0.3, -0.25) is 15.5 Å². The number of nitrogens with one attached hydrogen (secondary N) is 2. The Balaban J connectivity index is 1.66. The summed E-state index contributed by atoms with van der Waals surface area (Å²) in [5.74, 6) is 0. The summed E-state index contributed by atoms with van der Waals surface area (Å²) in [6, 6.07) is 11.3. The number of non-ortho nitro benzene ring substituents is 1. The molecule has 4 rings (SSSR count). The van der Waals surface area contributed by atoms with E-state index in [1.807, 2.05) is 24.3 Å². The Morgan fingerprint density at radius 3 is 2.73 bits per heavy atom. The topological polar surface area (TPSA) is 130 Å². The van der Waals surface area contributed by atoms with Crippen LogP contribution in [0.2, 0.25) is 0 Å². The number of sulfonamides is 1. The first-order valence-electron chi connectivity index (χ1n) is 9.18. The molecule has 0 atom stereocenters. The number of rotatable bonds is 6.